The van der Waals surface area contributed by atoms with Gasteiger partial charge in [-0.25, -0.2) is 13.6 Å². The smallest absolute Gasteiger partial charge is 0.270 e. The molecule has 1 aliphatic carbocycles. The molecule has 1 aromatic heterocycles. The van der Waals surface area contributed by atoms with E-state index in [4.69, 9.17) is 5.14 Å². The summed E-state index contributed by atoms with van der Waals surface area (Å²) in [5, 5.41) is 5.12. The quantitative estimate of drug-likeness (QED) is 0.893. The average molecular weight is 285 g/mol. The number of carbonyl (C=O) groups is 1. The van der Waals surface area contributed by atoms with Crippen LogP contribution < -0.4 is 5.14 Å². The fraction of sp³-hybridized carbons (Fsp3) is 0.583. The molecule has 1 aliphatic rings. The summed E-state index contributed by atoms with van der Waals surface area (Å²) in [6, 6.07) is 1.62. The topological polar surface area (TPSA) is 85.4 Å². The van der Waals surface area contributed by atoms with Gasteiger partial charge < -0.3 is 9.47 Å². The van der Waals surface area contributed by atoms with Crippen LogP contribution in [0.3, 0.4) is 0 Å². The van der Waals surface area contributed by atoms with Gasteiger partial charge in [0.1, 0.15) is 10.6 Å². The molecular formula is C12H19N3O3S. The van der Waals surface area contributed by atoms with E-state index in [1.807, 2.05) is 13.8 Å². The zero-order valence-corrected chi connectivity index (χ0v) is 12.1. The van der Waals surface area contributed by atoms with Crippen molar-refractivity contribution in [1.29, 1.82) is 0 Å². The van der Waals surface area contributed by atoms with Crippen molar-refractivity contribution in [2.75, 3.05) is 7.05 Å². The molecule has 0 atom stereocenters. The van der Waals surface area contributed by atoms with Gasteiger partial charge >= 0.3 is 0 Å². The number of aromatic nitrogens is 1. The van der Waals surface area contributed by atoms with E-state index in [1.54, 1.807) is 16.5 Å². The Kier molecular flexibility index (Phi) is 3.44. The van der Waals surface area contributed by atoms with Crippen molar-refractivity contribution in [3.8, 4) is 0 Å². The summed E-state index contributed by atoms with van der Waals surface area (Å²) in [7, 11) is -2.05. The maximum atomic E-state index is 12.4. The molecule has 1 amide bonds. The van der Waals surface area contributed by atoms with Gasteiger partial charge in [-0.3, -0.25) is 4.79 Å². The Morgan fingerprint density at radius 1 is 1.47 bits per heavy atom. The molecule has 0 aliphatic heterocycles. The van der Waals surface area contributed by atoms with Crippen LogP contribution in [-0.4, -0.2) is 36.9 Å². The van der Waals surface area contributed by atoms with Gasteiger partial charge in [0.15, 0.2) is 0 Å². The zero-order chi connectivity index (χ0) is 14.4. The molecule has 1 heterocycles. The first-order chi connectivity index (χ1) is 8.71. The van der Waals surface area contributed by atoms with Gasteiger partial charge in [-0.2, -0.15) is 0 Å². The molecule has 1 aromatic rings. The van der Waals surface area contributed by atoms with E-state index in [0.717, 1.165) is 12.8 Å². The number of hydrogen-bond donors (Lipinski definition) is 1. The summed E-state index contributed by atoms with van der Waals surface area (Å²) >= 11 is 0. The Bertz CT molecular complexity index is 600. The van der Waals surface area contributed by atoms with E-state index in [1.165, 1.54) is 12.3 Å². The molecule has 106 valence electrons. The van der Waals surface area contributed by atoms with Crippen LogP contribution in [0.2, 0.25) is 0 Å². The third-order valence-electron chi connectivity index (χ3n) is 3.34. The molecule has 0 saturated heterocycles. The predicted molar refractivity (Wildman–Crippen MR) is 71.3 cm³/mol. The van der Waals surface area contributed by atoms with Crippen molar-refractivity contribution in [3.63, 3.8) is 0 Å². The van der Waals surface area contributed by atoms with E-state index < -0.39 is 10.0 Å². The lowest BCUT2D eigenvalue weighted by Crippen LogP contribution is -2.30. The summed E-state index contributed by atoms with van der Waals surface area (Å²) in [4.78, 5) is 14.0. The number of hydrogen-bond acceptors (Lipinski definition) is 3. The van der Waals surface area contributed by atoms with Crippen molar-refractivity contribution in [1.82, 2.24) is 9.47 Å². The number of nitrogens with zero attached hydrogens (tertiary/aromatic N) is 2. The number of nitrogens with two attached hydrogens (primary N) is 1. The van der Waals surface area contributed by atoms with Gasteiger partial charge in [0.25, 0.3) is 5.91 Å². The van der Waals surface area contributed by atoms with Crippen LogP contribution >= 0.6 is 0 Å². The van der Waals surface area contributed by atoms with E-state index in [9.17, 15) is 13.2 Å². The number of rotatable bonds is 4. The maximum Gasteiger partial charge on any atom is 0.270 e. The van der Waals surface area contributed by atoms with Gasteiger partial charge in [0.05, 0.1) is 0 Å². The highest BCUT2D eigenvalue weighted by Crippen LogP contribution is 2.28. The van der Waals surface area contributed by atoms with Gasteiger partial charge in [-0.1, -0.05) is 0 Å². The molecule has 0 bridgehead atoms. The lowest BCUT2D eigenvalue weighted by molar-refractivity contribution is 0.0772. The van der Waals surface area contributed by atoms with E-state index in [2.05, 4.69) is 0 Å². The molecule has 2 N–H and O–H groups in total. The fourth-order valence-electron chi connectivity index (χ4n) is 2.02. The molecule has 19 heavy (non-hydrogen) atoms. The third-order valence-corrected chi connectivity index (χ3v) is 4.22. The Morgan fingerprint density at radius 2 is 2.05 bits per heavy atom. The molecule has 6 nitrogen and oxygen atoms in total. The second-order valence-electron chi connectivity index (χ2n) is 5.25. The first-order valence-corrected chi connectivity index (χ1v) is 7.78. The molecule has 0 spiro atoms. The van der Waals surface area contributed by atoms with Crippen LogP contribution in [0.1, 0.15) is 43.2 Å². The number of primary sulfonamides is 1. The Balaban J connectivity index is 2.43. The minimum atomic E-state index is -3.79. The summed E-state index contributed by atoms with van der Waals surface area (Å²) in [5.74, 6) is -0.161. The minimum absolute atomic E-state index is 0.0120. The Hall–Kier alpha value is -1.34. The largest absolute Gasteiger partial charge is 0.340 e. The maximum absolute atomic E-state index is 12.4. The third kappa shape index (κ3) is 2.82. The molecule has 2 rings (SSSR count). The Labute approximate surface area is 113 Å². The van der Waals surface area contributed by atoms with Gasteiger partial charge in [0.2, 0.25) is 10.0 Å². The highest BCUT2D eigenvalue weighted by molar-refractivity contribution is 7.89. The number of sulfonamides is 1. The minimum Gasteiger partial charge on any atom is -0.340 e. The van der Waals surface area contributed by atoms with Crippen LogP contribution in [0.5, 0.6) is 0 Å². The highest BCUT2D eigenvalue weighted by atomic mass is 32.2. The molecule has 0 radical (unpaired) electrons. The summed E-state index contributed by atoms with van der Waals surface area (Å²) in [6.45, 7) is 3.78. The fourth-order valence-corrected chi connectivity index (χ4v) is 2.55. The van der Waals surface area contributed by atoms with Crippen molar-refractivity contribution in [2.24, 2.45) is 5.14 Å². The molecule has 1 fully saturated rings. The van der Waals surface area contributed by atoms with Crippen LogP contribution in [0, 0.1) is 0 Å². The second-order valence-corrected chi connectivity index (χ2v) is 6.82. The number of amides is 1. The lowest BCUT2D eigenvalue weighted by Gasteiger charge is -2.19. The molecule has 1 saturated carbocycles. The monoisotopic (exact) mass is 285 g/mol. The molecule has 7 heteroatoms. The molecule has 0 aromatic carbocycles. The Morgan fingerprint density at radius 3 is 2.47 bits per heavy atom. The van der Waals surface area contributed by atoms with Crippen molar-refractivity contribution in [2.45, 2.75) is 43.7 Å². The first-order valence-electron chi connectivity index (χ1n) is 6.23. The van der Waals surface area contributed by atoms with Crippen LogP contribution in [-0.2, 0) is 10.0 Å². The summed E-state index contributed by atoms with van der Waals surface area (Å²) in [5.41, 5.74) is 0.369. The molecule has 0 unspecified atom stereocenters. The summed E-state index contributed by atoms with van der Waals surface area (Å²) in [6.07, 6.45) is 3.44. The average Bonchev–Trinajstić information content (AvgIpc) is 3.03. The highest BCUT2D eigenvalue weighted by Gasteiger charge is 2.32. The van der Waals surface area contributed by atoms with Crippen molar-refractivity contribution in [3.05, 3.63) is 18.0 Å². The van der Waals surface area contributed by atoms with E-state index in [-0.39, 0.29) is 22.9 Å². The lowest BCUT2D eigenvalue weighted by atomic mass is 10.3. The van der Waals surface area contributed by atoms with E-state index >= 15 is 0 Å². The van der Waals surface area contributed by atoms with Crippen molar-refractivity contribution < 1.29 is 13.2 Å². The van der Waals surface area contributed by atoms with Gasteiger partial charge in [-0.15, -0.1) is 0 Å². The van der Waals surface area contributed by atoms with Crippen LogP contribution in [0.15, 0.2) is 17.2 Å². The summed E-state index contributed by atoms with van der Waals surface area (Å²) < 4.78 is 24.5. The van der Waals surface area contributed by atoms with Crippen LogP contribution in [0.4, 0.5) is 0 Å². The first kappa shape index (κ1) is 14.1. The standard InChI is InChI=1S/C12H19N3O3S/c1-8(2)15-7-10(19(13,17)18)6-11(15)12(16)14(3)9-4-5-9/h6-9H,4-5H2,1-3H3,(H2,13,17,18). The van der Waals surface area contributed by atoms with Gasteiger partial charge in [-0.05, 0) is 32.8 Å². The number of carbonyl (C=O) groups excluding carboxylic acids is 1. The second kappa shape index (κ2) is 4.64. The normalized spacial score (nSPS) is 15.8. The SMILES string of the molecule is CC(C)n1cc(S(N)(=O)=O)cc1C(=O)N(C)C1CC1. The van der Waals surface area contributed by atoms with Crippen LogP contribution in [0.25, 0.3) is 0 Å². The van der Waals surface area contributed by atoms with E-state index in [0.29, 0.717) is 5.69 Å². The molecular weight excluding hydrogens is 266 g/mol. The van der Waals surface area contributed by atoms with Gasteiger partial charge in [0, 0.05) is 25.3 Å². The predicted octanol–water partition coefficient (Wildman–Crippen LogP) is 0.951. The zero-order valence-electron chi connectivity index (χ0n) is 11.3. The van der Waals surface area contributed by atoms with Crippen molar-refractivity contribution >= 4 is 15.9 Å².